The van der Waals surface area contributed by atoms with Gasteiger partial charge in [0.2, 0.25) is 0 Å². The van der Waals surface area contributed by atoms with Crippen LogP contribution >= 0.6 is 0 Å². The first-order valence-electron chi connectivity index (χ1n) is 15.5. The van der Waals surface area contributed by atoms with Crippen molar-refractivity contribution in [2.45, 2.75) is 43.2 Å². The third-order valence-corrected chi connectivity index (χ3v) is 8.33. The topological polar surface area (TPSA) is 150 Å². The normalized spacial score (nSPS) is 19.3. The molecule has 0 aliphatic carbocycles. The molecule has 0 bridgehead atoms. The molecule has 4 aromatic rings. The third-order valence-electron chi connectivity index (χ3n) is 8.33. The summed E-state index contributed by atoms with van der Waals surface area (Å²) in [7, 11) is 3.10. The molecule has 0 unspecified atom stereocenters. The molecular formula is C35H36F3N3O9. The van der Waals surface area contributed by atoms with Gasteiger partial charge >= 0.3 is 17.8 Å². The lowest BCUT2D eigenvalue weighted by molar-refractivity contribution is -0.174. The number of aryl methyl sites for hydroxylation is 1. The molecule has 0 spiro atoms. The number of aromatic nitrogens is 2. The number of aliphatic hydroxyl groups is 1. The van der Waals surface area contributed by atoms with Gasteiger partial charge in [0.1, 0.15) is 35.4 Å². The van der Waals surface area contributed by atoms with Gasteiger partial charge in [0.15, 0.2) is 6.23 Å². The Morgan fingerprint density at radius 2 is 1.48 bits per heavy atom. The van der Waals surface area contributed by atoms with Gasteiger partial charge in [-0.15, -0.1) is 0 Å². The second kappa shape index (κ2) is 15.3. The van der Waals surface area contributed by atoms with Crippen molar-refractivity contribution in [2.24, 2.45) is 0 Å². The highest BCUT2D eigenvalue weighted by Gasteiger charge is 2.48. The predicted molar refractivity (Wildman–Crippen MR) is 173 cm³/mol. The van der Waals surface area contributed by atoms with E-state index in [1.165, 1.54) is 13.1 Å². The fourth-order valence-corrected chi connectivity index (χ4v) is 5.78. The van der Waals surface area contributed by atoms with E-state index in [4.69, 9.17) is 23.7 Å². The molecule has 3 aromatic carbocycles. The highest BCUT2D eigenvalue weighted by Crippen LogP contribution is 2.43. The second-order valence-corrected chi connectivity index (χ2v) is 11.4. The molecule has 0 radical (unpaired) electrons. The number of alkyl halides is 3. The first-order valence-corrected chi connectivity index (χ1v) is 15.5. The van der Waals surface area contributed by atoms with E-state index in [1.807, 2.05) is 54.6 Å². The molecular weight excluding hydrogens is 663 g/mol. The zero-order chi connectivity index (χ0) is 36.1. The van der Waals surface area contributed by atoms with Crippen LogP contribution in [0.4, 0.5) is 13.2 Å². The lowest BCUT2D eigenvalue weighted by atomic mass is 9.80. The summed E-state index contributed by atoms with van der Waals surface area (Å²) in [5, 5.41) is 13.3. The van der Waals surface area contributed by atoms with Crippen LogP contribution in [0, 0.1) is 6.92 Å². The molecule has 1 aromatic heterocycles. The predicted octanol–water partition coefficient (Wildman–Crippen LogP) is 3.19. The lowest BCUT2D eigenvalue weighted by Gasteiger charge is -2.37. The number of aliphatic hydroxyl groups excluding tert-OH is 1. The summed E-state index contributed by atoms with van der Waals surface area (Å²) in [5.41, 5.74) is -0.540. The molecule has 50 heavy (non-hydrogen) atoms. The second-order valence-electron chi connectivity index (χ2n) is 11.4. The van der Waals surface area contributed by atoms with Crippen molar-refractivity contribution < 1.29 is 46.8 Å². The molecule has 1 saturated heterocycles. The van der Waals surface area contributed by atoms with Crippen molar-refractivity contribution >= 4 is 5.91 Å². The van der Waals surface area contributed by atoms with Crippen LogP contribution in [0.2, 0.25) is 0 Å². The largest absolute Gasteiger partial charge is 0.497 e. The van der Waals surface area contributed by atoms with Crippen LogP contribution in [-0.2, 0) is 24.6 Å². The molecule has 2 heterocycles. The van der Waals surface area contributed by atoms with Gasteiger partial charge in [0.05, 0.1) is 27.4 Å². The molecule has 3 N–H and O–H groups in total. The molecule has 15 heteroatoms. The van der Waals surface area contributed by atoms with Gasteiger partial charge in [0, 0.05) is 18.3 Å². The molecule has 266 valence electrons. The molecule has 1 fully saturated rings. The average molecular weight is 700 g/mol. The SMILES string of the molecule is COc1ccc(C(OC[C@H]2O[C@@H](n3cc(C)c(=O)[nH]c3=O)[C@H](OCCNC(=O)C(F)(F)F)[C@@H]2O)(c2ccccc2)c2ccc(OC)cc2)cc1. The van der Waals surface area contributed by atoms with Gasteiger partial charge in [0.25, 0.3) is 5.56 Å². The zero-order valence-electron chi connectivity index (χ0n) is 27.3. The Morgan fingerprint density at radius 1 is 0.920 bits per heavy atom. The molecule has 1 aliphatic rings. The number of nitrogens with one attached hydrogen (secondary N) is 2. The molecule has 5 rings (SSSR count). The number of nitrogens with zero attached hydrogens (tertiary/aromatic N) is 1. The summed E-state index contributed by atoms with van der Waals surface area (Å²) in [6, 6.07) is 23.8. The maximum Gasteiger partial charge on any atom is 0.471 e. The summed E-state index contributed by atoms with van der Waals surface area (Å²) in [5.74, 6) is -0.944. The summed E-state index contributed by atoms with van der Waals surface area (Å²) in [6.45, 7) is 0.147. The smallest absolute Gasteiger partial charge is 0.471 e. The van der Waals surface area contributed by atoms with Gasteiger partial charge in [-0.25, -0.2) is 4.79 Å². The van der Waals surface area contributed by atoms with Crippen molar-refractivity contribution in [3.8, 4) is 11.5 Å². The minimum atomic E-state index is -5.10. The monoisotopic (exact) mass is 699 g/mol. The quantitative estimate of drug-likeness (QED) is 0.141. The minimum absolute atomic E-state index is 0.153. The third kappa shape index (κ3) is 7.60. The van der Waals surface area contributed by atoms with Crippen LogP contribution in [0.5, 0.6) is 11.5 Å². The van der Waals surface area contributed by atoms with E-state index in [2.05, 4.69) is 4.98 Å². The van der Waals surface area contributed by atoms with Crippen molar-refractivity contribution in [3.63, 3.8) is 0 Å². The number of carbonyl (C=O) groups excluding carboxylic acids is 1. The Labute approximate surface area is 284 Å². The number of amides is 1. The van der Waals surface area contributed by atoms with E-state index in [0.29, 0.717) is 22.6 Å². The van der Waals surface area contributed by atoms with Crippen LogP contribution in [0.25, 0.3) is 0 Å². The first kappa shape index (κ1) is 36.3. The van der Waals surface area contributed by atoms with Crippen molar-refractivity contribution in [1.29, 1.82) is 0 Å². The van der Waals surface area contributed by atoms with Crippen LogP contribution in [-0.4, -0.2) is 79.0 Å². The highest BCUT2D eigenvalue weighted by molar-refractivity contribution is 5.81. The first-order chi connectivity index (χ1) is 23.9. The number of rotatable bonds is 13. The fourth-order valence-electron chi connectivity index (χ4n) is 5.78. The summed E-state index contributed by atoms with van der Waals surface area (Å²) in [6.07, 6.45) is -9.19. The highest BCUT2D eigenvalue weighted by atomic mass is 19.4. The number of hydrogen-bond donors (Lipinski definition) is 3. The van der Waals surface area contributed by atoms with Gasteiger partial charge in [-0.1, -0.05) is 54.6 Å². The van der Waals surface area contributed by atoms with Crippen molar-refractivity contribution in [1.82, 2.24) is 14.9 Å². The fraction of sp³-hybridized carbons (Fsp3) is 0.343. The van der Waals surface area contributed by atoms with Gasteiger partial charge in [-0.05, 0) is 47.9 Å². The molecule has 1 amide bonds. The molecule has 1 aliphatic heterocycles. The number of benzene rings is 3. The maximum atomic E-state index is 12.9. The van der Waals surface area contributed by atoms with Crippen LogP contribution in [0.1, 0.15) is 28.5 Å². The summed E-state index contributed by atoms with van der Waals surface area (Å²) >= 11 is 0. The van der Waals surface area contributed by atoms with E-state index in [1.54, 1.807) is 43.8 Å². The zero-order valence-corrected chi connectivity index (χ0v) is 27.3. The Kier molecular flexibility index (Phi) is 11.1. The molecule has 12 nitrogen and oxygen atoms in total. The maximum absolute atomic E-state index is 12.9. The lowest BCUT2D eigenvalue weighted by Crippen LogP contribution is -2.43. The molecule has 0 saturated carbocycles. The van der Waals surface area contributed by atoms with Crippen LogP contribution in [0.15, 0.2) is 94.6 Å². The number of H-pyrrole nitrogens is 1. The van der Waals surface area contributed by atoms with Gasteiger partial charge in [-0.3, -0.25) is 19.1 Å². The van der Waals surface area contributed by atoms with Gasteiger partial charge < -0.3 is 34.1 Å². The van der Waals surface area contributed by atoms with E-state index in [0.717, 1.165) is 10.1 Å². The number of hydrogen-bond acceptors (Lipinski definition) is 9. The Hall–Kier alpha value is -4.96. The Morgan fingerprint density at radius 3 is 2.02 bits per heavy atom. The van der Waals surface area contributed by atoms with E-state index in [9.17, 15) is 32.7 Å². The number of methoxy groups -OCH3 is 2. The van der Waals surface area contributed by atoms with E-state index >= 15 is 0 Å². The Balaban J connectivity index is 1.51. The standard InChI is InChI=1S/C35H36F3N3O9/c1-21-19-41(33(45)40-30(21)43)31-29(48-18-17-39-32(44)35(36,37)38)28(42)27(50-31)20-49-34(22-7-5-4-6-8-22,23-9-13-25(46-2)14-10-23)24-11-15-26(47-3)16-12-24/h4-16,19,27-29,31,42H,17-18,20H2,1-3H3,(H,39,44)(H,40,43,45)/t27-,28-,29-,31-/m1/s1. The van der Waals surface area contributed by atoms with Crippen LogP contribution in [0.3, 0.4) is 0 Å². The Bertz CT molecular complexity index is 1820. The van der Waals surface area contributed by atoms with Gasteiger partial charge in [-0.2, -0.15) is 13.2 Å². The van der Waals surface area contributed by atoms with E-state index in [-0.39, 0.29) is 12.2 Å². The number of halogens is 3. The van der Waals surface area contributed by atoms with E-state index < -0.39 is 66.6 Å². The average Bonchev–Trinajstić information content (AvgIpc) is 3.43. The number of aromatic amines is 1. The summed E-state index contributed by atoms with van der Waals surface area (Å²) in [4.78, 5) is 38.5. The van der Waals surface area contributed by atoms with Crippen molar-refractivity contribution in [3.05, 3.63) is 128 Å². The number of ether oxygens (including phenoxy) is 5. The molecule has 4 atom stereocenters. The van der Waals surface area contributed by atoms with Crippen LogP contribution < -0.4 is 26.0 Å². The number of carbonyl (C=O) groups is 1. The van der Waals surface area contributed by atoms with Crippen molar-refractivity contribution in [2.75, 3.05) is 34.0 Å². The minimum Gasteiger partial charge on any atom is -0.497 e. The summed E-state index contributed by atoms with van der Waals surface area (Å²) < 4.78 is 68.7.